The smallest absolute Gasteiger partial charge is 0.493 e. The Kier molecular flexibility index (Phi) is 5.31. The Hall–Kier alpha value is -3.61. The molecule has 13 heteroatoms. The lowest BCUT2D eigenvalue weighted by Gasteiger charge is -2.13. The average Bonchev–Trinajstić information content (AvgIpc) is 3.08. The van der Waals surface area contributed by atoms with E-state index in [4.69, 9.17) is 4.74 Å². The predicted molar refractivity (Wildman–Crippen MR) is 113 cm³/mol. The molecule has 0 amide bonds. The first-order valence-electron chi connectivity index (χ1n) is 9.28. The summed E-state index contributed by atoms with van der Waals surface area (Å²) in [7, 11) is -1.60. The van der Waals surface area contributed by atoms with Crippen LogP contribution in [0.1, 0.15) is 0 Å². The lowest BCUT2D eigenvalue weighted by atomic mass is 10.0. The van der Waals surface area contributed by atoms with Gasteiger partial charge in [-0.2, -0.15) is 26.7 Å². The topological polar surface area (TPSA) is 95.3 Å². The molecule has 0 aliphatic heterocycles. The Morgan fingerprint density at radius 3 is 2.45 bits per heavy atom. The molecule has 0 fully saturated rings. The fourth-order valence-corrected chi connectivity index (χ4v) is 3.84. The van der Waals surface area contributed by atoms with Crippen molar-refractivity contribution in [3.05, 3.63) is 42.3 Å². The molecule has 174 valence electrons. The summed E-state index contributed by atoms with van der Waals surface area (Å²) in [6.07, 6.45) is 1.46. The van der Waals surface area contributed by atoms with Gasteiger partial charge in [-0.15, -0.1) is 0 Å². The van der Waals surface area contributed by atoms with Crippen LogP contribution < -0.4 is 14.2 Å². The van der Waals surface area contributed by atoms with Crippen LogP contribution in [0.2, 0.25) is 0 Å². The molecule has 0 aliphatic rings. The van der Waals surface area contributed by atoms with E-state index in [-0.39, 0.29) is 27.9 Å². The summed E-state index contributed by atoms with van der Waals surface area (Å²) in [5.74, 6) is -1.56. The molecule has 0 saturated carbocycles. The number of aryl methyl sites for hydroxylation is 1. The van der Waals surface area contributed by atoms with Crippen LogP contribution >= 0.6 is 0 Å². The van der Waals surface area contributed by atoms with Gasteiger partial charge in [-0.05, 0) is 24.3 Å². The van der Waals surface area contributed by atoms with Crippen LogP contribution in [0.4, 0.5) is 23.2 Å². The van der Waals surface area contributed by atoms with Gasteiger partial charge in [0.15, 0.2) is 11.5 Å². The van der Waals surface area contributed by atoms with Crippen LogP contribution in [-0.2, 0) is 17.2 Å². The van der Waals surface area contributed by atoms with Gasteiger partial charge in [-0.25, -0.2) is 4.39 Å². The van der Waals surface area contributed by atoms with Crippen molar-refractivity contribution in [2.45, 2.75) is 5.51 Å². The van der Waals surface area contributed by atoms with E-state index in [2.05, 4.69) is 19.6 Å². The fraction of sp³-hybridized carbons (Fsp3) is 0.200. The van der Waals surface area contributed by atoms with E-state index in [1.54, 1.807) is 20.2 Å². The predicted octanol–water partition coefficient (Wildman–Crippen LogP) is 4.21. The number of hydrogen-bond acceptors (Lipinski definition) is 7. The Morgan fingerprint density at radius 2 is 1.85 bits per heavy atom. The summed E-state index contributed by atoms with van der Waals surface area (Å²) in [6.45, 7) is 0. The fourth-order valence-electron chi connectivity index (χ4n) is 3.38. The third-order valence-corrected chi connectivity index (χ3v) is 5.93. The maximum atomic E-state index is 14.9. The highest BCUT2D eigenvalue weighted by Crippen LogP contribution is 2.40. The summed E-state index contributed by atoms with van der Waals surface area (Å²) in [5.41, 5.74) is -4.11. The highest BCUT2D eigenvalue weighted by molar-refractivity contribution is 7.88. The zero-order chi connectivity index (χ0) is 24.1. The van der Waals surface area contributed by atoms with Crippen molar-refractivity contribution in [1.82, 2.24) is 14.8 Å². The number of alkyl halides is 3. The van der Waals surface area contributed by atoms with Crippen LogP contribution in [0, 0.1) is 5.82 Å². The molecule has 2 aromatic carbocycles. The van der Waals surface area contributed by atoms with Crippen LogP contribution in [0.5, 0.6) is 11.5 Å². The van der Waals surface area contributed by atoms with E-state index >= 15 is 0 Å². The molecule has 0 bridgehead atoms. The maximum absolute atomic E-state index is 14.9. The zero-order valence-corrected chi connectivity index (χ0v) is 18.2. The Labute approximate surface area is 184 Å². The maximum Gasteiger partial charge on any atom is 0.534 e. The zero-order valence-electron chi connectivity index (χ0n) is 17.4. The number of benzene rings is 2. The number of nitrogens with one attached hydrogen (secondary N) is 1. The van der Waals surface area contributed by atoms with Crippen molar-refractivity contribution in [3.63, 3.8) is 0 Å². The molecule has 0 atom stereocenters. The molecule has 0 unspecified atom stereocenters. The molecule has 0 aliphatic carbocycles. The van der Waals surface area contributed by atoms with Crippen molar-refractivity contribution < 1.29 is 34.9 Å². The third-order valence-electron chi connectivity index (χ3n) is 4.96. The highest BCUT2D eigenvalue weighted by Gasteiger charge is 2.49. The van der Waals surface area contributed by atoms with Crippen LogP contribution in [0.15, 0.2) is 36.5 Å². The Bertz CT molecular complexity index is 1500. The standard InChI is InChI=1S/C20H16F4N4O4S/c1-25-10-4-5-11(13(21)6-10)19-18-12-7-17(32-33(29,30)20(22,23)24)16(31-3)8-14(12)26-9-15(18)28(2)27-19/h4-9,25H,1-3H3. The van der Waals surface area contributed by atoms with Crippen molar-refractivity contribution in [3.8, 4) is 22.8 Å². The van der Waals surface area contributed by atoms with Crippen molar-refractivity contribution in [2.75, 3.05) is 19.5 Å². The van der Waals surface area contributed by atoms with Crippen LogP contribution in [0.3, 0.4) is 0 Å². The number of halogens is 4. The first kappa shape index (κ1) is 22.6. The highest BCUT2D eigenvalue weighted by atomic mass is 32.2. The quantitative estimate of drug-likeness (QED) is 0.258. The summed E-state index contributed by atoms with van der Waals surface area (Å²) >= 11 is 0. The second kappa shape index (κ2) is 7.76. The molecule has 0 radical (unpaired) electrons. The van der Waals surface area contributed by atoms with Gasteiger partial charge >= 0.3 is 15.6 Å². The minimum absolute atomic E-state index is 0.133. The first-order valence-corrected chi connectivity index (χ1v) is 10.7. The van der Waals surface area contributed by atoms with Gasteiger partial charge < -0.3 is 14.2 Å². The van der Waals surface area contributed by atoms with E-state index in [9.17, 15) is 26.0 Å². The van der Waals surface area contributed by atoms with Gasteiger partial charge in [0, 0.05) is 42.2 Å². The second-order valence-electron chi connectivity index (χ2n) is 6.94. The lowest BCUT2D eigenvalue weighted by molar-refractivity contribution is -0.0500. The molecular weight excluding hydrogens is 468 g/mol. The first-order chi connectivity index (χ1) is 15.5. The normalized spacial score (nSPS) is 12.3. The molecule has 4 aromatic rings. The monoisotopic (exact) mass is 484 g/mol. The molecule has 0 spiro atoms. The number of fused-ring (bicyclic) bond motifs is 3. The van der Waals surface area contributed by atoms with E-state index in [1.807, 2.05) is 0 Å². The number of nitrogens with zero attached hydrogens (tertiary/aromatic N) is 3. The summed E-state index contributed by atoms with van der Waals surface area (Å²) in [5, 5.41) is 7.71. The van der Waals surface area contributed by atoms with Gasteiger partial charge in [0.2, 0.25) is 0 Å². The minimum atomic E-state index is -5.96. The average molecular weight is 484 g/mol. The van der Waals surface area contributed by atoms with E-state index in [0.29, 0.717) is 16.6 Å². The number of anilines is 1. The Balaban J connectivity index is 2.02. The van der Waals surface area contributed by atoms with Crippen LogP contribution in [-0.4, -0.2) is 42.8 Å². The van der Waals surface area contributed by atoms with E-state index in [0.717, 1.165) is 13.2 Å². The van der Waals surface area contributed by atoms with E-state index in [1.165, 1.54) is 29.1 Å². The lowest BCUT2D eigenvalue weighted by Crippen LogP contribution is -2.28. The molecule has 2 aromatic heterocycles. The largest absolute Gasteiger partial charge is 0.534 e. The molecular formula is C20H16F4N4O4S. The molecule has 1 N–H and O–H groups in total. The molecule has 8 nitrogen and oxygen atoms in total. The SMILES string of the molecule is CNc1ccc(-c2nn(C)c3cnc4cc(OC)c(OS(=O)(=O)C(F)(F)F)cc4c23)c(F)c1. The number of hydrogen-bond donors (Lipinski definition) is 1. The third kappa shape index (κ3) is 3.77. The van der Waals surface area contributed by atoms with Crippen molar-refractivity contribution in [2.24, 2.45) is 7.05 Å². The summed E-state index contributed by atoms with van der Waals surface area (Å²) < 4.78 is 87.5. The summed E-state index contributed by atoms with van der Waals surface area (Å²) in [4.78, 5) is 4.25. The number of aromatic nitrogens is 3. The van der Waals surface area contributed by atoms with E-state index < -0.39 is 27.2 Å². The molecule has 33 heavy (non-hydrogen) atoms. The molecule has 0 saturated heterocycles. The molecule has 4 rings (SSSR count). The second-order valence-corrected chi connectivity index (χ2v) is 8.48. The van der Waals surface area contributed by atoms with Gasteiger partial charge in [0.25, 0.3) is 0 Å². The summed E-state index contributed by atoms with van der Waals surface area (Å²) in [6, 6.07) is 6.69. The van der Waals surface area contributed by atoms with Gasteiger partial charge in [0.1, 0.15) is 11.5 Å². The van der Waals surface area contributed by atoms with Crippen molar-refractivity contribution in [1.29, 1.82) is 0 Å². The number of rotatable bonds is 5. The van der Waals surface area contributed by atoms with Crippen LogP contribution in [0.25, 0.3) is 33.1 Å². The van der Waals surface area contributed by atoms with Crippen molar-refractivity contribution >= 4 is 37.6 Å². The molecule has 2 heterocycles. The number of pyridine rings is 1. The Morgan fingerprint density at radius 1 is 1.12 bits per heavy atom. The van der Waals surface area contributed by atoms with Gasteiger partial charge in [-0.1, -0.05) is 0 Å². The number of methoxy groups -OCH3 is 1. The van der Waals surface area contributed by atoms with Gasteiger partial charge in [-0.3, -0.25) is 9.67 Å². The number of ether oxygens (including phenoxy) is 1. The minimum Gasteiger partial charge on any atom is -0.493 e. The van der Waals surface area contributed by atoms with Gasteiger partial charge in [0.05, 0.1) is 24.3 Å².